The molecule has 0 unspecified atom stereocenters. The molecule has 0 aliphatic carbocycles. The maximum atomic E-state index is 15.0. The summed E-state index contributed by atoms with van der Waals surface area (Å²) in [6, 6.07) is 11.0. The number of nitrogens with two attached hydrogens (primary N) is 1. The molecule has 0 amide bonds. The van der Waals surface area contributed by atoms with Gasteiger partial charge < -0.3 is 45.2 Å². The van der Waals surface area contributed by atoms with Crippen molar-refractivity contribution < 1.29 is 76.0 Å². The van der Waals surface area contributed by atoms with Gasteiger partial charge in [-0.15, -0.1) is 0 Å². The van der Waals surface area contributed by atoms with Gasteiger partial charge in [0.25, 0.3) is 11.8 Å². The molecule has 0 spiro atoms. The molecule has 8 heterocycles. The van der Waals surface area contributed by atoms with Crippen LogP contribution in [-0.2, 0) is 60.9 Å². The number of sulfonamides is 3. The minimum absolute atomic E-state index is 0. The second kappa shape index (κ2) is 25.1. The number of guanidine groups is 1. The van der Waals surface area contributed by atoms with Gasteiger partial charge in [0.05, 0.1) is 50.5 Å². The molecule has 5 N–H and O–H groups in total. The SMILES string of the molecule is C.C.C.C=C1N[C@@]2(c3cc(O)ccc3F)CO[C@@H](C)C[C@H]2S(=O)(=O)N1C.C=C1N[C@@]2(c3cc(Oc4ncncc4F)ccc3F)CO[C@@H](C)C[C@H]2S(=O)(=O)N1C.C[C@H]1C[C@@H]2[C@](c3cc(Oc4ncncc4F)ccc3F)(CO1)N=C(N)N(C)S2(=O)=O. The largest absolute Gasteiger partial charge is 0.508 e. The zero-order valence-corrected chi connectivity index (χ0v) is 47.8. The molecule has 6 aliphatic heterocycles. The zero-order chi connectivity index (χ0) is 60.4. The Morgan fingerprint density at radius 1 is 0.581 bits per heavy atom. The number of hydrogen-bond acceptors (Lipinski definition) is 20. The summed E-state index contributed by atoms with van der Waals surface area (Å²) in [6.07, 6.45) is 3.54. The quantitative estimate of drug-likeness (QED) is 0.120. The van der Waals surface area contributed by atoms with E-state index in [2.05, 4.69) is 48.7 Å². The van der Waals surface area contributed by atoms with Gasteiger partial charge in [-0.3, -0.25) is 8.61 Å². The molecule has 31 heteroatoms. The number of halogens is 5. The highest BCUT2D eigenvalue weighted by atomic mass is 32.2. The number of phenols is 1. The van der Waals surface area contributed by atoms with Gasteiger partial charge in [0.15, 0.2) is 0 Å². The summed E-state index contributed by atoms with van der Waals surface area (Å²) in [4.78, 5) is 18.9. The van der Waals surface area contributed by atoms with Crippen molar-refractivity contribution in [3.05, 3.63) is 150 Å². The van der Waals surface area contributed by atoms with Crippen LogP contribution >= 0.6 is 0 Å². The van der Waals surface area contributed by atoms with Gasteiger partial charge in [-0.2, -0.15) is 18.7 Å². The molecule has 11 rings (SSSR count). The number of aromatic hydroxyl groups is 1. The van der Waals surface area contributed by atoms with E-state index >= 15 is 4.39 Å². The number of nitrogens with zero attached hydrogens (tertiary/aromatic N) is 8. The number of ether oxygens (including phenoxy) is 5. The van der Waals surface area contributed by atoms with E-state index in [1.807, 2.05) is 0 Å². The van der Waals surface area contributed by atoms with Gasteiger partial charge in [0.2, 0.25) is 47.7 Å². The minimum atomic E-state index is -3.94. The first-order valence-corrected chi connectivity index (χ1v) is 29.9. The highest BCUT2D eigenvalue weighted by Crippen LogP contribution is 2.48. The van der Waals surface area contributed by atoms with E-state index in [1.165, 1.54) is 57.5 Å². The highest BCUT2D eigenvalue weighted by molar-refractivity contribution is 7.90. The van der Waals surface area contributed by atoms with Crippen LogP contribution in [0, 0.1) is 29.1 Å². The van der Waals surface area contributed by atoms with Crippen LogP contribution in [0.5, 0.6) is 29.0 Å². The molecule has 6 aliphatic rings. The molecule has 5 saturated heterocycles. The Hall–Kier alpha value is -7.45. The molecule has 2 aromatic heterocycles. The fourth-order valence-electron chi connectivity index (χ4n) is 10.8. The van der Waals surface area contributed by atoms with Crippen LogP contribution in [0.3, 0.4) is 0 Å². The van der Waals surface area contributed by atoms with E-state index in [1.54, 1.807) is 20.8 Å². The van der Waals surface area contributed by atoms with E-state index in [0.29, 0.717) is 0 Å². The topological polar surface area (TPSA) is 293 Å². The molecular formula is C55H70F5N11O12S3. The monoisotopic (exact) mass is 1270 g/mol. The number of aliphatic imine (C=N–C) groups is 1. The molecule has 5 fully saturated rings. The summed E-state index contributed by atoms with van der Waals surface area (Å²) in [7, 11) is -7.42. The average molecular weight is 1270 g/mol. The number of nitrogens with one attached hydrogen (secondary N) is 2. The average Bonchev–Trinajstić information content (AvgIpc) is 0.748. The number of benzene rings is 3. The number of hydrogen-bond donors (Lipinski definition) is 4. The number of fused-ring (bicyclic) bond motifs is 3. The molecule has 86 heavy (non-hydrogen) atoms. The first kappa shape index (κ1) is 67.7. The standard InChI is InChI=1S/C19H20F2N4O4S.C18H19F2N5O4S.C15H19FN2O4S.3CH4/c1-11-6-17-19(9-28-11,24-12(2)25(3)30(17,26)27)14-7-13(4-5-15(14)20)29-18-16(21)8-22-10-23-18;1-10-5-15-18(8-28-10,24-17(21)25(2)30(15,26)27)12-6-11(3-4-13(12)19)29-16-14(20)7-22-9-23-16;1-9-6-14-15(8-22-9,12-7-11(19)4-5-13(12)16)17-10(2)18(3)23(14,20)21;;;/h4-5,7-8,10-11,17,24H,2,6,9H2,1,3H3;3-4,6-7,9-10,15H,5,8H2,1-2H3,(H2,21,24);4-5,7,9,14,17,19H,2,6,8H2,1,3H3;3*1H4/t11-,17+,19+;10-,15+,18+;9-,14+,15+;;;/m000.../s1. The van der Waals surface area contributed by atoms with Crippen LogP contribution in [0.2, 0.25) is 0 Å². The number of rotatable bonds is 7. The molecule has 23 nitrogen and oxygen atoms in total. The van der Waals surface area contributed by atoms with E-state index in [9.17, 15) is 47.9 Å². The van der Waals surface area contributed by atoms with Gasteiger partial charge in [-0.25, -0.2) is 57.7 Å². The molecule has 0 radical (unpaired) electrons. The van der Waals surface area contributed by atoms with Crippen molar-refractivity contribution in [1.82, 2.24) is 43.5 Å². The maximum absolute atomic E-state index is 15.0. The third-order valence-corrected chi connectivity index (χ3v) is 22.2. The van der Waals surface area contributed by atoms with Crippen molar-refractivity contribution in [2.45, 2.75) is 113 Å². The van der Waals surface area contributed by atoms with Crippen LogP contribution in [0.1, 0.15) is 79.0 Å². The van der Waals surface area contributed by atoms with Crippen LogP contribution in [0.25, 0.3) is 0 Å². The van der Waals surface area contributed by atoms with Gasteiger partial charge in [0, 0.05) is 37.8 Å². The fraction of sp³-hybridized carbons (Fsp3) is 0.436. The Labute approximate surface area is 497 Å². The van der Waals surface area contributed by atoms with Crippen molar-refractivity contribution in [2.24, 2.45) is 10.7 Å². The van der Waals surface area contributed by atoms with Gasteiger partial charge in [-0.1, -0.05) is 35.4 Å². The second-order valence-corrected chi connectivity index (χ2v) is 27.0. The van der Waals surface area contributed by atoms with Crippen molar-refractivity contribution >= 4 is 36.0 Å². The normalized spacial score (nSPS) is 28.3. The lowest BCUT2D eigenvalue weighted by molar-refractivity contribution is -0.0338. The molecule has 470 valence electrons. The molecule has 0 bridgehead atoms. The van der Waals surface area contributed by atoms with Crippen LogP contribution < -0.4 is 25.8 Å². The molecule has 0 saturated carbocycles. The lowest BCUT2D eigenvalue weighted by Gasteiger charge is -2.52. The first-order valence-electron chi connectivity index (χ1n) is 25.4. The second-order valence-electron chi connectivity index (χ2n) is 20.6. The Bertz CT molecular complexity index is 3760. The van der Waals surface area contributed by atoms with Crippen LogP contribution in [0.4, 0.5) is 22.0 Å². The Kier molecular flexibility index (Phi) is 19.8. The van der Waals surface area contributed by atoms with E-state index in [4.69, 9.17) is 29.4 Å². The fourth-order valence-corrected chi connectivity index (χ4v) is 16.8. The van der Waals surface area contributed by atoms with Crippen molar-refractivity contribution in [3.8, 4) is 29.0 Å². The van der Waals surface area contributed by atoms with Gasteiger partial charge in [0.1, 0.15) is 91.4 Å². The summed E-state index contributed by atoms with van der Waals surface area (Å²) in [5.41, 5.74) is 1.51. The lowest BCUT2D eigenvalue weighted by atomic mass is 9.82. The lowest BCUT2D eigenvalue weighted by Crippen LogP contribution is -2.68. The van der Waals surface area contributed by atoms with Crippen molar-refractivity contribution in [2.75, 3.05) is 41.0 Å². The highest BCUT2D eigenvalue weighted by Gasteiger charge is 2.60. The van der Waals surface area contributed by atoms with E-state index in [0.717, 1.165) is 56.2 Å². The Balaban J connectivity index is 0.000000205. The minimum Gasteiger partial charge on any atom is -0.508 e. The molecular weight excluding hydrogens is 1200 g/mol. The number of phenolic OH excluding ortho intramolecular Hbond substituents is 1. The summed E-state index contributed by atoms with van der Waals surface area (Å²) < 4.78 is 181. The van der Waals surface area contributed by atoms with Crippen molar-refractivity contribution in [3.63, 3.8) is 0 Å². The Morgan fingerprint density at radius 3 is 1.42 bits per heavy atom. The van der Waals surface area contributed by atoms with Crippen molar-refractivity contribution in [1.29, 1.82) is 0 Å². The van der Waals surface area contributed by atoms with E-state index < -0.39 is 91.5 Å². The molecule has 9 atom stereocenters. The summed E-state index contributed by atoms with van der Waals surface area (Å²) in [5.74, 6) is -4.33. The predicted octanol–water partition coefficient (Wildman–Crippen LogP) is 6.91. The third kappa shape index (κ3) is 12.0. The molecule has 3 aromatic carbocycles. The summed E-state index contributed by atoms with van der Waals surface area (Å²) in [5, 5.41) is 12.8. The molecule has 5 aromatic rings. The Morgan fingerprint density at radius 2 is 0.965 bits per heavy atom. The summed E-state index contributed by atoms with van der Waals surface area (Å²) in [6.45, 7) is 12.4. The van der Waals surface area contributed by atoms with Crippen LogP contribution in [-0.4, -0.2) is 144 Å². The maximum Gasteiger partial charge on any atom is 0.259 e. The summed E-state index contributed by atoms with van der Waals surface area (Å²) >= 11 is 0. The first-order chi connectivity index (χ1) is 39.0. The predicted molar refractivity (Wildman–Crippen MR) is 308 cm³/mol. The zero-order valence-electron chi connectivity index (χ0n) is 45.3. The van der Waals surface area contributed by atoms with Gasteiger partial charge in [-0.05, 0) is 94.6 Å². The van der Waals surface area contributed by atoms with E-state index in [-0.39, 0.29) is 143 Å². The number of aromatic nitrogens is 4. The van der Waals surface area contributed by atoms with Crippen LogP contribution in [0.15, 0.2) is 109 Å². The smallest absolute Gasteiger partial charge is 0.259 e. The third-order valence-electron chi connectivity index (χ3n) is 15.4. The van der Waals surface area contributed by atoms with Gasteiger partial charge >= 0.3 is 0 Å².